The van der Waals surface area contributed by atoms with E-state index in [0.29, 0.717) is 0 Å². The number of ether oxygens (including phenoxy) is 2. The minimum atomic E-state index is 0.198. The number of nitrogens with zero attached hydrogens (tertiary/aromatic N) is 3. The summed E-state index contributed by atoms with van der Waals surface area (Å²) in [6.07, 6.45) is 4.20. The molecule has 2 aromatic heterocycles. The molecule has 0 radical (unpaired) electrons. The quantitative estimate of drug-likeness (QED) is 0.427. The van der Waals surface area contributed by atoms with Crippen LogP contribution in [0.3, 0.4) is 0 Å². The summed E-state index contributed by atoms with van der Waals surface area (Å²) in [7, 11) is 1.71. The molecule has 2 atom stereocenters. The third kappa shape index (κ3) is 3.80. The number of benzene rings is 2. The van der Waals surface area contributed by atoms with Crippen molar-refractivity contribution in [3.63, 3.8) is 0 Å². The molecule has 5 nitrogen and oxygen atoms in total. The molecule has 1 saturated heterocycles. The topological polar surface area (TPSA) is 47.5 Å². The molecule has 0 amide bonds. The molecule has 2 unspecified atom stereocenters. The van der Waals surface area contributed by atoms with Gasteiger partial charge in [-0.15, -0.1) is 0 Å². The van der Waals surface area contributed by atoms with Crippen LogP contribution < -0.4 is 9.64 Å². The van der Waals surface area contributed by atoms with E-state index in [1.165, 1.54) is 0 Å². The maximum atomic E-state index is 5.88. The average Bonchev–Trinajstić information content (AvgIpc) is 2.83. The Hall–Kier alpha value is -3.44. The first kappa shape index (κ1) is 20.5. The third-order valence-electron chi connectivity index (χ3n) is 5.94. The molecule has 1 aliphatic rings. The normalized spacial score (nSPS) is 18.7. The Morgan fingerprint density at radius 1 is 0.812 bits per heavy atom. The van der Waals surface area contributed by atoms with E-state index in [1.807, 2.05) is 30.6 Å². The highest BCUT2D eigenvalue weighted by Gasteiger charge is 2.23. The first-order valence-electron chi connectivity index (χ1n) is 11.0. The van der Waals surface area contributed by atoms with Gasteiger partial charge in [0.2, 0.25) is 0 Å². The lowest BCUT2D eigenvalue weighted by Gasteiger charge is -2.36. The van der Waals surface area contributed by atoms with Gasteiger partial charge in [-0.3, -0.25) is 4.98 Å². The zero-order chi connectivity index (χ0) is 22.1. The molecule has 162 valence electrons. The Balaban J connectivity index is 1.53. The molecule has 0 bridgehead atoms. The Labute approximate surface area is 188 Å². The Bertz CT molecular complexity index is 1220. The Morgan fingerprint density at radius 2 is 1.59 bits per heavy atom. The number of hydrogen-bond acceptors (Lipinski definition) is 5. The van der Waals surface area contributed by atoms with Crippen molar-refractivity contribution in [1.82, 2.24) is 9.97 Å². The minimum absolute atomic E-state index is 0.198. The molecule has 32 heavy (non-hydrogen) atoms. The van der Waals surface area contributed by atoms with Crippen LogP contribution in [0.1, 0.15) is 13.8 Å². The number of pyridine rings is 2. The maximum absolute atomic E-state index is 5.88. The fourth-order valence-corrected chi connectivity index (χ4v) is 4.57. The summed E-state index contributed by atoms with van der Waals surface area (Å²) in [6, 6.07) is 20.7. The van der Waals surface area contributed by atoms with Crippen molar-refractivity contribution in [3.8, 4) is 28.0 Å². The van der Waals surface area contributed by atoms with Gasteiger partial charge in [0, 0.05) is 47.6 Å². The average molecular weight is 426 g/mol. The number of aromatic nitrogens is 2. The summed E-state index contributed by atoms with van der Waals surface area (Å²) in [4.78, 5) is 11.9. The van der Waals surface area contributed by atoms with Crippen molar-refractivity contribution < 1.29 is 9.47 Å². The van der Waals surface area contributed by atoms with Crippen LogP contribution in [0.4, 0.5) is 5.82 Å². The zero-order valence-electron chi connectivity index (χ0n) is 18.7. The number of morpholine rings is 1. The first-order chi connectivity index (χ1) is 15.6. The van der Waals surface area contributed by atoms with E-state index in [0.717, 1.165) is 57.8 Å². The summed E-state index contributed by atoms with van der Waals surface area (Å²) in [5.41, 5.74) is 5.09. The molecule has 0 aliphatic carbocycles. The smallest absolute Gasteiger partial charge is 0.137 e. The summed E-state index contributed by atoms with van der Waals surface area (Å²) in [5.74, 6) is 1.78. The predicted molar refractivity (Wildman–Crippen MR) is 129 cm³/mol. The highest BCUT2D eigenvalue weighted by molar-refractivity contribution is 6.00. The number of fused-ring (bicyclic) bond motifs is 1. The largest absolute Gasteiger partial charge is 0.495 e. The van der Waals surface area contributed by atoms with Crippen molar-refractivity contribution in [2.45, 2.75) is 26.1 Å². The van der Waals surface area contributed by atoms with E-state index in [2.05, 4.69) is 61.2 Å². The van der Waals surface area contributed by atoms with E-state index in [1.54, 1.807) is 7.11 Å². The van der Waals surface area contributed by atoms with Crippen LogP contribution in [0.2, 0.25) is 0 Å². The molecule has 2 aromatic carbocycles. The van der Waals surface area contributed by atoms with Crippen molar-refractivity contribution in [2.75, 3.05) is 25.1 Å². The molecule has 5 rings (SSSR count). The van der Waals surface area contributed by atoms with Crippen LogP contribution in [0.25, 0.3) is 33.2 Å². The van der Waals surface area contributed by atoms with E-state index < -0.39 is 0 Å². The van der Waals surface area contributed by atoms with Gasteiger partial charge in [-0.1, -0.05) is 42.5 Å². The van der Waals surface area contributed by atoms with Gasteiger partial charge in [-0.2, -0.15) is 0 Å². The number of rotatable bonds is 4. The van der Waals surface area contributed by atoms with Gasteiger partial charge in [0.25, 0.3) is 0 Å². The second kappa shape index (κ2) is 8.60. The van der Waals surface area contributed by atoms with Crippen LogP contribution in [-0.2, 0) is 4.74 Å². The molecule has 0 spiro atoms. The third-order valence-corrected chi connectivity index (χ3v) is 5.94. The van der Waals surface area contributed by atoms with Gasteiger partial charge in [0.1, 0.15) is 11.6 Å². The Morgan fingerprint density at radius 3 is 2.28 bits per heavy atom. The van der Waals surface area contributed by atoms with Gasteiger partial charge in [-0.25, -0.2) is 4.98 Å². The van der Waals surface area contributed by atoms with Crippen molar-refractivity contribution in [2.24, 2.45) is 0 Å². The van der Waals surface area contributed by atoms with Crippen molar-refractivity contribution in [1.29, 1.82) is 0 Å². The summed E-state index contributed by atoms with van der Waals surface area (Å²) in [5, 5.41) is 0.992. The summed E-state index contributed by atoms with van der Waals surface area (Å²) in [6.45, 7) is 5.90. The van der Waals surface area contributed by atoms with Crippen LogP contribution in [0.15, 0.2) is 73.1 Å². The van der Waals surface area contributed by atoms with E-state index in [9.17, 15) is 0 Å². The lowest BCUT2D eigenvalue weighted by atomic mass is 9.99. The van der Waals surface area contributed by atoms with Gasteiger partial charge < -0.3 is 14.4 Å². The lowest BCUT2D eigenvalue weighted by Crippen LogP contribution is -2.45. The predicted octanol–water partition coefficient (Wildman–Crippen LogP) is 5.59. The van der Waals surface area contributed by atoms with Crippen molar-refractivity contribution >= 4 is 16.7 Å². The Kier molecular flexibility index (Phi) is 5.50. The number of methoxy groups -OCH3 is 1. The fraction of sp³-hybridized carbons (Fsp3) is 0.259. The molecule has 1 fully saturated rings. The molecule has 3 heterocycles. The summed E-state index contributed by atoms with van der Waals surface area (Å²) < 4.78 is 11.7. The highest BCUT2D eigenvalue weighted by atomic mass is 16.5. The van der Waals surface area contributed by atoms with E-state index in [-0.39, 0.29) is 12.2 Å². The molecule has 5 heteroatoms. The van der Waals surface area contributed by atoms with E-state index in [4.69, 9.17) is 19.4 Å². The monoisotopic (exact) mass is 425 g/mol. The SMILES string of the molecule is COc1c(-c2ccc(N3CC(C)OC(C)C3)nc2)cnc2c(-c3ccccc3)cccc12. The van der Waals surface area contributed by atoms with Gasteiger partial charge >= 0.3 is 0 Å². The van der Waals surface area contributed by atoms with Crippen LogP contribution >= 0.6 is 0 Å². The van der Waals surface area contributed by atoms with Crippen molar-refractivity contribution in [3.05, 3.63) is 73.1 Å². The van der Waals surface area contributed by atoms with E-state index >= 15 is 0 Å². The minimum Gasteiger partial charge on any atom is -0.495 e. The lowest BCUT2D eigenvalue weighted by molar-refractivity contribution is -0.00545. The number of para-hydroxylation sites is 1. The van der Waals surface area contributed by atoms with Crippen LogP contribution in [-0.4, -0.2) is 42.4 Å². The number of anilines is 1. The van der Waals surface area contributed by atoms with Gasteiger partial charge in [0.15, 0.2) is 0 Å². The summed E-state index contributed by atoms with van der Waals surface area (Å²) >= 11 is 0. The zero-order valence-corrected chi connectivity index (χ0v) is 18.7. The molecule has 0 saturated carbocycles. The molecular formula is C27H27N3O2. The number of hydrogen-bond donors (Lipinski definition) is 0. The molecule has 1 aliphatic heterocycles. The second-order valence-electron chi connectivity index (χ2n) is 8.34. The molecule has 0 N–H and O–H groups in total. The molecule has 4 aromatic rings. The fourth-order valence-electron chi connectivity index (χ4n) is 4.57. The van der Waals surface area contributed by atoms with Crippen LogP contribution in [0.5, 0.6) is 5.75 Å². The maximum Gasteiger partial charge on any atom is 0.137 e. The standard InChI is InChI=1S/C27H27N3O2/c1-18-16-30(17-19(2)32-18)25-13-12-21(14-28-25)24-15-29-26-22(20-8-5-4-6-9-20)10-7-11-23(26)27(24)31-3/h4-15,18-19H,16-17H2,1-3H3. The molecular weight excluding hydrogens is 398 g/mol. The van der Waals surface area contributed by atoms with Gasteiger partial charge in [0.05, 0.1) is 24.8 Å². The van der Waals surface area contributed by atoms with Gasteiger partial charge in [-0.05, 0) is 37.6 Å². The first-order valence-corrected chi connectivity index (χ1v) is 11.0. The van der Waals surface area contributed by atoms with Crippen LogP contribution in [0, 0.1) is 0 Å². The highest BCUT2D eigenvalue weighted by Crippen LogP contribution is 2.38. The second-order valence-corrected chi connectivity index (χ2v) is 8.34.